The monoisotopic (exact) mass is 554 g/mol. The lowest BCUT2D eigenvalue weighted by atomic mass is 9.98. The summed E-state index contributed by atoms with van der Waals surface area (Å²) in [6, 6.07) is 9.74. The number of carbonyl (C=O) groups excluding carboxylic acids is 1. The van der Waals surface area contributed by atoms with Gasteiger partial charge in [0.25, 0.3) is 0 Å². The Labute approximate surface area is 218 Å². The van der Waals surface area contributed by atoms with Crippen LogP contribution in [0.2, 0.25) is 10.0 Å². The molecule has 186 valence electrons. The molecule has 12 heteroatoms. The number of anilines is 2. The van der Waals surface area contributed by atoms with E-state index < -0.39 is 15.9 Å². The SMILES string of the molecule is CNc1nc(-c2ccc(OC)c(NC(=O)C3CCCN(S(=O)(=O)c4cc(Cl)ccc4Cl)C3)c2)cs1. The van der Waals surface area contributed by atoms with Crippen molar-refractivity contribution < 1.29 is 17.9 Å². The van der Waals surface area contributed by atoms with Crippen molar-refractivity contribution in [3.63, 3.8) is 0 Å². The minimum absolute atomic E-state index is 0.0383. The molecule has 1 fully saturated rings. The molecular formula is C23H24Cl2N4O4S2. The number of rotatable bonds is 7. The minimum Gasteiger partial charge on any atom is -0.495 e. The first kappa shape index (κ1) is 25.7. The van der Waals surface area contributed by atoms with E-state index in [0.29, 0.717) is 30.8 Å². The molecule has 0 aliphatic carbocycles. The van der Waals surface area contributed by atoms with E-state index in [1.165, 1.54) is 41.0 Å². The lowest BCUT2D eigenvalue weighted by molar-refractivity contribution is -0.120. The zero-order valence-electron chi connectivity index (χ0n) is 19.0. The van der Waals surface area contributed by atoms with Gasteiger partial charge in [0.15, 0.2) is 5.13 Å². The number of ether oxygens (including phenoxy) is 1. The number of thiazole rings is 1. The number of nitrogens with one attached hydrogen (secondary N) is 2. The van der Waals surface area contributed by atoms with E-state index in [4.69, 9.17) is 27.9 Å². The number of methoxy groups -OCH3 is 1. The van der Waals surface area contributed by atoms with Crippen molar-refractivity contribution in [3.8, 4) is 17.0 Å². The zero-order valence-corrected chi connectivity index (χ0v) is 22.2. The molecule has 1 aliphatic heterocycles. The topological polar surface area (TPSA) is 101 Å². The Morgan fingerprint density at radius 3 is 2.74 bits per heavy atom. The summed E-state index contributed by atoms with van der Waals surface area (Å²) in [6.07, 6.45) is 1.10. The van der Waals surface area contributed by atoms with Gasteiger partial charge in [-0.05, 0) is 49.2 Å². The number of benzene rings is 2. The Kier molecular flexibility index (Phi) is 7.87. The smallest absolute Gasteiger partial charge is 0.244 e. The molecule has 3 aromatic rings. The van der Waals surface area contributed by atoms with Crippen molar-refractivity contribution in [2.24, 2.45) is 5.92 Å². The van der Waals surface area contributed by atoms with Crippen molar-refractivity contribution in [2.75, 3.05) is 37.9 Å². The van der Waals surface area contributed by atoms with Crippen molar-refractivity contribution in [2.45, 2.75) is 17.7 Å². The Morgan fingerprint density at radius 2 is 2.03 bits per heavy atom. The van der Waals surface area contributed by atoms with Crippen LogP contribution in [-0.2, 0) is 14.8 Å². The number of sulfonamides is 1. The maximum Gasteiger partial charge on any atom is 0.244 e. The summed E-state index contributed by atoms with van der Waals surface area (Å²) in [5, 5.41) is 8.99. The van der Waals surface area contributed by atoms with E-state index in [1.807, 2.05) is 11.4 Å². The van der Waals surface area contributed by atoms with Crippen LogP contribution in [0.1, 0.15) is 12.8 Å². The first-order valence-electron chi connectivity index (χ1n) is 10.8. The third-order valence-electron chi connectivity index (χ3n) is 5.74. The molecule has 0 bridgehead atoms. The molecule has 1 unspecified atom stereocenters. The maximum absolute atomic E-state index is 13.2. The van der Waals surface area contributed by atoms with Gasteiger partial charge in [-0.3, -0.25) is 4.79 Å². The predicted molar refractivity (Wildman–Crippen MR) is 140 cm³/mol. The van der Waals surface area contributed by atoms with Gasteiger partial charge in [0.05, 0.1) is 29.4 Å². The molecule has 4 rings (SSSR count). The van der Waals surface area contributed by atoms with Crippen LogP contribution in [0.3, 0.4) is 0 Å². The van der Waals surface area contributed by atoms with Crippen LogP contribution in [0, 0.1) is 5.92 Å². The number of hydrogen-bond acceptors (Lipinski definition) is 7. The van der Waals surface area contributed by atoms with Gasteiger partial charge in [0.1, 0.15) is 10.6 Å². The van der Waals surface area contributed by atoms with Crippen molar-refractivity contribution in [1.29, 1.82) is 0 Å². The van der Waals surface area contributed by atoms with E-state index in [-0.39, 0.29) is 27.4 Å². The molecule has 2 N–H and O–H groups in total. The summed E-state index contributed by atoms with van der Waals surface area (Å²) in [6.45, 7) is 0.335. The molecule has 0 spiro atoms. The van der Waals surface area contributed by atoms with Gasteiger partial charge in [-0.1, -0.05) is 23.2 Å². The third-order valence-corrected chi connectivity index (χ3v) is 9.18. The highest BCUT2D eigenvalue weighted by Gasteiger charge is 2.34. The highest BCUT2D eigenvalue weighted by atomic mass is 35.5. The molecule has 1 aromatic heterocycles. The largest absolute Gasteiger partial charge is 0.495 e. The summed E-state index contributed by atoms with van der Waals surface area (Å²) >= 11 is 13.6. The number of piperidine rings is 1. The standard InChI is InChI=1S/C23H24Cl2N4O4S2/c1-26-23-28-19(13-34-23)14-5-8-20(33-2)18(10-14)27-22(30)15-4-3-9-29(12-15)35(31,32)21-11-16(24)6-7-17(21)25/h5-8,10-11,13,15H,3-4,9,12H2,1-2H3,(H,26,28)(H,27,30). The summed E-state index contributed by atoms with van der Waals surface area (Å²) in [7, 11) is -0.585. The third kappa shape index (κ3) is 5.57. The van der Waals surface area contributed by atoms with Crippen LogP contribution in [0.5, 0.6) is 5.75 Å². The van der Waals surface area contributed by atoms with Crippen LogP contribution < -0.4 is 15.4 Å². The first-order chi connectivity index (χ1) is 16.7. The number of aromatic nitrogens is 1. The maximum atomic E-state index is 13.2. The van der Waals surface area contributed by atoms with Gasteiger partial charge in [-0.25, -0.2) is 13.4 Å². The number of amides is 1. The average molecular weight is 556 g/mol. The van der Waals surface area contributed by atoms with E-state index in [0.717, 1.165) is 16.4 Å². The summed E-state index contributed by atoms with van der Waals surface area (Å²) < 4.78 is 33.2. The second-order valence-electron chi connectivity index (χ2n) is 7.97. The Morgan fingerprint density at radius 1 is 1.23 bits per heavy atom. The lowest BCUT2D eigenvalue weighted by Gasteiger charge is -2.31. The molecule has 0 radical (unpaired) electrons. The molecule has 0 saturated carbocycles. The molecule has 1 amide bonds. The van der Waals surface area contributed by atoms with E-state index >= 15 is 0 Å². The first-order valence-corrected chi connectivity index (χ1v) is 13.9. The van der Waals surface area contributed by atoms with Crippen molar-refractivity contribution in [1.82, 2.24) is 9.29 Å². The normalized spacial score (nSPS) is 16.6. The van der Waals surface area contributed by atoms with Gasteiger partial charge >= 0.3 is 0 Å². The fourth-order valence-corrected chi connectivity index (χ4v) is 6.85. The van der Waals surface area contributed by atoms with Gasteiger partial charge in [-0.15, -0.1) is 11.3 Å². The van der Waals surface area contributed by atoms with Crippen LogP contribution in [0.25, 0.3) is 11.3 Å². The molecule has 1 atom stereocenters. The number of nitrogens with zero attached hydrogens (tertiary/aromatic N) is 2. The minimum atomic E-state index is -3.91. The highest BCUT2D eigenvalue weighted by molar-refractivity contribution is 7.89. The van der Waals surface area contributed by atoms with E-state index in [1.54, 1.807) is 19.2 Å². The Bertz CT molecular complexity index is 1350. The molecular weight excluding hydrogens is 531 g/mol. The fourth-order valence-electron chi connectivity index (χ4n) is 3.91. The van der Waals surface area contributed by atoms with Gasteiger partial charge in [0, 0.05) is 36.1 Å². The predicted octanol–water partition coefficient (Wildman–Crippen LogP) is 5.21. The van der Waals surface area contributed by atoms with Gasteiger partial charge < -0.3 is 15.4 Å². The molecule has 2 aromatic carbocycles. The number of carbonyl (C=O) groups is 1. The van der Waals surface area contributed by atoms with Gasteiger partial charge in [-0.2, -0.15) is 4.31 Å². The van der Waals surface area contributed by atoms with Crippen molar-refractivity contribution >= 4 is 61.3 Å². The van der Waals surface area contributed by atoms with E-state index in [2.05, 4.69) is 15.6 Å². The van der Waals surface area contributed by atoms with Crippen LogP contribution in [0.15, 0.2) is 46.7 Å². The highest BCUT2D eigenvalue weighted by Crippen LogP contribution is 2.34. The number of hydrogen-bond donors (Lipinski definition) is 2. The summed E-state index contributed by atoms with van der Waals surface area (Å²) in [5.74, 6) is -0.330. The lowest BCUT2D eigenvalue weighted by Crippen LogP contribution is -2.43. The van der Waals surface area contributed by atoms with Crippen LogP contribution in [-0.4, -0.2) is 50.9 Å². The molecule has 8 nitrogen and oxygen atoms in total. The second kappa shape index (κ2) is 10.7. The van der Waals surface area contributed by atoms with E-state index in [9.17, 15) is 13.2 Å². The van der Waals surface area contributed by atoms with Crippen molar-refractivity contribution in [3.05, 3.63) is 51.8 Å². The molecule has 1 aliphatic rings. The Balaban J connectivity index is 1.54. The summed E-state index contributed by atoms with van der Waals surface area (Å²) in [4.78, 5) is 17.6. The van der Waals surface area contributed by atoms with Crippen LogP contribution in [0.4, 0.5) is 10.8 Å². The molecule has 35 heavy (non-hydrogen) atoms. The molecule has 1 saturated heterocycles. The quantitative estimate of drug-likeness (QED) is 0.416. The van der Waals surface area contributed by atoms with Gasteiger partial charge in [0.2, 0.25) is 15.9 Å². The zero-order chi connectivity index (χ0) is 25.2. The molecule has 2 heterocycles. The summed E-state index contributed by atoms with van der Waals surface area (Å²) in [5.41, 5.74) is 2.08. The Hall–Kier alpha value is -2.37. The van der Waals surface area contributed by atoms with Crippen LogP contribution >= 0.6 is 34.5 Å². The number of halogens is 2. The second-order valence-corrected chi connectivity index (χ2v) is 11.6. The fraction of sp³-hybridized carbons (Fsp3) is 0.304. The average Bonchev–Trinajstić information content (AvgIpc) is 3.35.